The Hall–Kier alpha value is -0.640. The number of aliphatic hydroxyl groups excluding tert-OH is 1. The first-order valence-corrected chi connectivity index (χ1v) is 4.03. The quantitative estimate of drug-likeness (QED) is 0.563. The zero-order valence-corrected chi connectivity index (χ0v) is 6.36. The minimum atomic E-state index is -0.174. The summed E-state index contributed by atoms with van der Waals surface area (Å²) in [5.74, 6) is 0. The summed E-state index contributed by atoms with van der Waals surface area (Å²) < 4.78 is 0. The van der Waals surface area contributed by atoms with Crippen LogP contribution in [0.25, 0.3) is 0 Å². The molecule has 1 heterocycles. The van der Waals surface area contributed by atoms with Gasteiger partial charge in [0.15, 0.2) is 0 Å². The normalized spacial score (nSPS) is 42.6. The van der Waals surface area contributed by atoms with E-state index in [1.807, 2.05) is 0 Å². The van der Waals surface area contributed by atoms with Crippen molar-refractivity contribution in [2.75, 3.05) is 13.1 Å². The van der Waals surface area contributed by atoms with E-state index in [4.69, 9.17) is 0 Å². The highest BCUT2D eigenvalue weighted by atomic mass is 16.3. The molecule has 1 aliphatic carbocycles. The lowest BCUT2D eigenvalue weighted by Gasteiger charge is -2.28. The van der Waals surface area contributed by atoms with Crippen LogP contribution in [0.4, 0.5) is 0 Å². The van der Waals surface area contributed by atoms with Gasteiger partial charge in [-0.1, -0.05) is 0 Å². The number of aliphatic hydroxyl groups is 1. The molecule has 0 radical (unpaired) electrons. The number of piperidine rings is 1. The van der Waals surface area contributed by atoms with Crippen LogP contribution in [0.2, 0.25) is 0 Å². The summed E-state index contributed by atoms with van der Waals surface area (Å²) in [6, 6.07) is 0. The Morgan fingerprint density at radius 1 is 1.64 bits per heavy atom. The van der Waals surface area contributed by atoms with Crippen LogP contribution < -0.4 is 0 Å². The van der Waals surface area contributed by atoms with Gasteiger partial charge < -0.3 is 5.11 Å². The summed E-state index contributed by atoms with van der Waals surface area (Å²) in [5, 5.41) is 13.7. The number of hydrogen-bond acceptors (Lipinski definition) is 3. The predicted molar refractivity (Wildman–Crippen MR) is 39.7 cm³/mol. The van der Waals surface area contributed by atoms with Crippen molar-refractivity contribution in [3.63, 3.8) is 0 Å². The Labute approximate surface area is 65.1 Å². The first-order chi connectivity index (χ1) is 5.27. The number of rotatable bonds is 1. The van der Waals surface area contributed by atoms with Crippen LogP contribution in [0.1, 0.15) is 19.3 Å². The Balaban J connectivity index is 1.99. The fourth-order valence-corrected chi connectivity index (χ4v) is 1.97. The van der Waals surface area contributed by atoms with E-state index in [-0.39, 0.29) is 11.5 Å². The molecule has 4 nitrogen and oxygen atoms in total. The molecule has 0 aromatic rings. The summed E-state index contributed by atoms with van der Waals surface area (Å²) in [5.41, 5.74) is 0.0478. The van der Waals surface area contributed by atoms with Gasteiger partial charge in [0.2, 0.25) is 0 Å². The Kier molecular flexibility index (Phi) is 1.39. The fraction of sp³-hybridized carbons (Fsp3) is 1.00. The van der Waals surface area contributed by atoms with Crippen molar-refractivity contribution in [2.24, 2.45) is 10.7 Å². The second kappa shape index (κ2) is 2.17. The molecule has 1 saturated heterocycles. The van der Waals surface area contributed by atoms with Gasteiger partial charge in [-0.2, -0.15) is 0 Å². The van der Waals surface area contributed by atoms with Crippen molar-refractivity contribution in [3.8, 4) is 0 Å². The van der Waals surface area contributed by atoms with Gasteiger partial charge in [0.05, 0.1) is 11.4 Å². The van der Waals surface area contributed by atoms with Gasteiger partial charge >= 0.3 is 0 Å². The second-order valence-corrected chi connectivity index (χ2v) is 3.66. The van der Waals surface area contributed by atoms with E-state index >= 15 is 0 Å². The Morgan fingerprint density at radius 2 is 2.36 bits per heavy atom. The molecule has 1 saturated carbocycles. The third kappa shape index (κ3) is 1.01. The molecule has 62 valence electrons. The first-order valence-electron chi connectivity index (χ1n) is 4.03. The van der Waals surface area contributed by atoms with Crippen molar-refractivity contribution in [2.45, 2.75) is 25.4 Å². The van der Waals surface area contributed by atoms with Crippen molar-refractivity contribution in [1.29, 1.82) is 0 Å². The average Bonchev–Trinajstić information content (AvgIpc) is 2.61. The van der Waals surface area contributed by atoms with Crippen LogP contribution >= 0.6 is 0 Å². The van der Waals surface area contributed by atoms with Gasteiger partial charge in [0, 0.05) is 18.5 Å². The molecule has 0 aromatic heterocycles. The monoisotopic (exact) mass is 156 g/mol. The van der Waals surface area contributed by atoms with E-state index in [0.717, 1.165) is 25.8 Å². The Morgan fingerprint density at radius 3 is 2.91 bits per heavy atom. The van der Waals surface area contributed by atoms with Crippen molar-refractivity contribution in [3.05, 3.63) is 4.91 Å². The molecule has 2 unspecified atom stereocenters. The van der Waals surface area contributed by atoms with Gasteiger partial charge in [-0.05, 0) is 19.3 Å². The summed E-state index contributed by atoms with van der Waals surface area (Å²) in [6.45, 7) is 1.43. The fourth-order valence-electron chi connectivity index (χ4n) is 1.97. The van der Waals surface area contributed by atoms with Crippen LogP contribution in [0, 0.1) is 10.3 Å². The summed E-state index contributed by atoms with van der Waals surface area (Å²) in [7, 11) is 0. The highest BCUT2D eigenvalue weighted by Gasteiger charge is 2.55. The standard InChI is InChI=1S/C7H12N2O2/c10-6-4-7(6)2-1-3-9(5-7)8-11/h6,10H,1-5H2. The van der Waals surface area contributed by atoms with Gasteiger partial charge in [-0.3, -0.25) is 5.01 Å². The van der Waals surface area contributed by atoms with Gasteiger partial charge in [0.1, 0.15) is 0 Å². The third-order valence-electron chi connectivity index (χ3n) is 2.85. The molecule has 2 atom stereocenters. The SMILES string of the molecule is O=NN1CCCC2(CC2O)C1. The first kappa shape index (κ1) is 7.03. The summed E-state index contributed by atoms with van der Waals surface area (Å²) in [4.78, 5) is 10.2. The van der Waals surface area contributed by atoms with Crippen molar-refractivity contribution >= 4 is 0 Å². The van der Waals surface area contributed by atoms with Gasteiger partial charge in [0.25, 0.3) is 0 Å². The largest absolute Gasteiger partial charge is 0.392 e. The van der Waals surface area contributed by atoms with Gasteiger partial charge in [-0.15, -0.1) is 4.91 Å². The molecule has 2 fully saturated rings. The number of hydrogen-bond donors (Lipinski definition) is 1. The molecule has 0 bridgehead atoms. The average molecular weight is 156 g/mol. The summed E-state index contributed by atoms with van der Waals surface area (Å²) in [6.07, 6.45) is 2.73. The molecule has 11 heavy (non-hydrogen) atoms. The van der Waals surface area contributed by atoms with Crippen LogP contribution in [0.5, 0.6) is 0 Å². The van der Waals surface area contributed by atoms with E-state index in [1.54, 1.807) is 0 Å². The molecule has 0 aromatic carbocycles. The van der Waals surface area contributed by atoms with Crippen molar-refractivity contribution in [1.82, 2.24) is 5.01 Å². The lowest BCUT2D eigenvalue weighted by Crippen LogP contribution is -2.34. The maximum Gasteiger partial charge on any atom is 0.0621 e. The molecule has 2 aliphatic rings. The molecular weight excluding hydrogens is 144 g/mol. The van der Waals surface area contributed by atoms with E-state index in [1.165, 1.54) is 5.01 Å². The van der Waals surface area contributed by atoms with Crippen molar-refractivity contribution < 1.29 is 5.11 Å². The topological polar surface area (TPSA) is 52.9 Å². The minimum Gasteiger partial charge on any atom is -0.392 e. The molecule has 0 amide bonds. The van der Waals surface area contributed by atoms with E-state index in [0.29, 0.717) is 6.54 Å². The maximum absolute atomic E-state index is 10.2. The van der Waals surface area contributed by atoms with E-state index in [9.17, 15) is 10.0 Å². The summed E-state index contributed by atoms with van der Waals surface area (Å²) >= 11 is 0. The predicted octanol–water partition coefficient (Wildman–Crippen LogP) is 0.515. The van der Waals surface area contributed by atoms with Gasteiger partial charge in [-0.25, -0.2) is 0 Å². The van der Waals surface area contributed by atoms with E-state index < -0.39 is 0 Å². The second-order valence-electron chi connectivity index (χ2n) is 3.66. The highest BCUT2D eigenvalue weighted by Crippen LogP contribution is 2.52. The highest BCUT2D eigenvalue weighted by molar-refractivity contribution is 5.05. The Bertz CT molecular complexity index is 185. The maximum atomic E-state index is 10.2. The zero-order chi connectivity index (χ0) is 7.90. The number of nitroso groups, excluding NO2 is 1. The molecule has 2 rings (SSSR count). The lowest BCUT2D eigenvalue weighted by molar-refractivity contribution is 0.117. The third-order valence-corrected chi connectivity index (χ3v) is 2.85. The zero-order valence-electron chi connectivity index (χ0n) is 6.36. The lowest BCUT2D eigenvalue weighted by atomic mass is 9.96. The van der Waals surface area contributed by atoms with E-state index in [2.05, 4.69) is 5.29 Å². The van der Waals surface area contributed by atoms with Crippen LogP contribution in [-0.2, 0) is 0 Å². The van der Waals surface area contributed by atoms with Crippen LogP contribution in [0.3, 0.4) is 0 Å². The molecule has 4 heteroatoms. The van der Waals surface area contributed by atoms with Crippen LogP contribution in [0.15, 0.2) is 5.29 Å². The molecular formula is C7H12N2O2. The number of nitrogens with zero attached hydrogens (tertiary/aromatic N) is 2. The van der Waals surface area contributed by atoms with Crippen LogP contribution in [-0.4, -0.2) is 29.3 Å². The molecule has 1 aliphatic heterocycles. The molecule has 1 N–H and O–H groups in total. The smallest absolute Gasteiger partial charge is 0.0621 e. The molecule has 1 spiro atoms. The minimum absolute atomic E-state index is 0.0478.